The number of nitrogens with one attached hydrogen (secondary N) is 1. The van der Waals surface area contributed by atoms with Gasteiger partial charge in [-0.2, -0.15) is 5.10 Å². The van der Waals surface area contributed by atoms with Crippen LogP contribution in [0.1, 0.15) is 36.0 Å². The molecule has 0 aliphatic rings. The number of benzene rings is 2. The van der Waals surface area contributed by atoms with Crippen molar-refractivity contribution < 1.29 is 9.90 Å². The van der Waals surface area contributed by atoms with Gasteiger partial charge in [0.1, 0.15) is 0 Å². The summed E-state index contributed by atoms with van der Waals surface area (Å²) in [5, 5.41) is 18.2. The molecular formula is C21H23N3O3. The second-order valence-corrected chi connectivity index (χ2v) is 6.91. The van der Waals surface area contributed by atoms with Crippen molar-refractivity contribution in [3.05, 3.63) is 76.2 Å². The molecular weight excluding hydrogens is 342 g/mol. The van der Waals surface area contributed by atoms with Crippen LogP contribution in [-0.2, 0) is 6.54 Å². The molecule has 6 heteroatoms. The fraction of sp³-hybridized carbons (Fsp3) is 0.286. The number of rotatable bonds is 6. The quantitative estimate of drug-likeness (QED) is 0.703. The Labute approximate surface area is 157 Å². The van der Waals surface area contributed by atoms with E-state index in [2.05, 4.69) is 10.4 Å². The molecule has 0 bridgehead atoms. The van der Waals surface area contributed by atoms with Gasteiger partial charge in [0.2, 0.25) is 0 Å². The minimum absolute atomic E-state index is 0.0577. The Morgan fingerprint density at radius 3 is 2.37 bits per heavy atom. The van der Waals surface area contributed by atoms with Gasteiger partial charge in [-0.1, -0.05) is 62.4 Å². The SMILES string of the molecule is CC(C)Cn1nc(C(=O)NC[C@@H](O)c2ccccc2)c2ccccc2c1=O. The minimum atomic E-state index is -0.817. The Bertz CT molecular complexity index is 996. The van der Waals surface area contributed by atoms with Gasteiger partial charge in [0.05, 0.1) is 11.5 Å². The van der Waals surface area contributed by atoms with Gasteiger partial charge in [-0.25, -0.2) is 4.68 Å². The van der Waals surface area contributed by atoms with Gasteiger partial charge in [-0.15, -0.1) is 0 Å². The number of hydrogen-bond donors (Lipinski definition) is 2. The molecule has 1 amide bonds. The van der Waals surface area contributed by atoms with Crippen LogP contribution >= 0.6 is 0 Å². The highest BCUT2D eigenvalue weighted by Gasteiger charge is 2.18. The first kappa shape index (κ1) is 18.8. The van der Waals surface area contributed by atoms with Crippen molar-refractivity contribution in [2.75, 3.05) is 6.54 Å². The zero-order valence-electron chi connectivity index (χ0n) is 15.4. The van der Waals surface area contributed by atoms with E-state index in [1.54, 1.807) is 36.4 Å². The molecule has 0 spiro atoms. The smallest absolute Gasteiger partial charge is 0.274 e. The number of aliphatic hydroxyl groups is 1. The molecule has 2 N–H and O–H groups in total. The summed E-state index contributed by atoms with van der Waals surface area (Å²) < 4.78 is 1.34. The summed E-state index contributed by atoms with van der Waals surface area (Å²) in [6, 6.07) is 16.1. The second kappa shape index (κ2) is 8.14. The maximum absolute atomic E-state index is 12.7. The van der Waals surface area contributed by atoms with Crippen LogP contribution in [0.3, 0.4) is 0 Å². The average Bonchev–Trinajstić information content (AvgIpc) is 2.68. The highest BCUT2D eigenvalue weighted by atomic mass is 16.3. The van der Waals surface area contributed by atoms with Crippen LogP contribution in [0.5, 0.6) is 0 Å². The van der Waals surface area contributed by atoms with E-state index in [1.165, 1.54) is 4.68 Å². The molecule has 0 saturated heterocycles. The molecule has 3 aromatic rings. The topological polar surface area (TPSA) is 84.2 Å². The van der Waals surface area contributed by atoms with Crippen LogP contribution in [0, 0.1) is 5.92 Å². The van der Waals surface area contributed by atoms with Crippen molar-refractivity contribution in [2.24, 2.45) is 5.92 Å². The summed E-state index contributed by atoms with van der Waals surface area (Å²) in [6.07, 6.45) is -0.817. The van der Waals surface area contributed by atoms with E-state index in [0.29, 0.717) is 17.3 Å². The number of hydrogen-bond acceptors (Lipinski definition) is 4. The average molecular weight is 365 g/mol. The molecule has 0 aliphatic carbocycles. The summed E-state index contributed by atoms with van der Waals surface area (Å²) in [6.45, 7) is 4.46. The Morgan fingerprint density at radius 1 is 1.07 bits per heavy atom. The number of fused-ring (bicyclic) bond motifs is 1. The number of aliphatic hydroxyl groups excluding tert-OH is 1. The van der Waals surface area contributed by atoms with E-state index in [0.717, 1.165) is 5.56 Å². The molecule has 0 saturated carbocycles. The zero-order valence-corrected chi connectivity index (χ0v) is 15.4. The molecule has 140 valence electrons. The zero-order chi connectivity index (χ0) is 19.4. The maximum Gasteiger partial charge on any atom is 0.274 e. The van der Waals surface area contributed by atoms with Crippen molar-refractivity contribution in [3.8, 4) is 0 Å². The normalized spacial score (nSPS) is 12.3. The van der Waals surface area contributed by atoms with E-state index < -0.39 is 12.0 Å². The lowest BCUT2D eigenvalue weighted by Crippen LogP contribution is -2.33. The Hall–Kier alpha value is -2.99. The lowest BCUT2D eigenvalue weighted by atomic mass is 10.1. The summed E-state index contributed by atoms with van der Waals surface area (Å²) in [4.78, 5) is 25.4. The molecule has 27 heavy (non-hydrogen) atoms. The lowest BCUT2D eigenvalue weighted by Gasteiger charge is -2.14. The van der Waals surface area contributed by atoms with Crippen molar-refractivity contribution in [1.82, 2.24) is 15.1 Å². The predicted octanol–water partition coefficient (Wildman–Crippen LogP) is 2.52. The van der Waals surface area contributed by atoms with E-state index >= 15 is 0 Å². The fourth-order valence-corrected chi connectivity index (χ4v) is 2.94. The van der Waals surface area contributed by atoms with E-state index in [-0.39, 0.29) is 23.7 Å². The standard InChI is InChI=1S/C21H23N3O3/c1-14(2)13-24-21(27)17-11-7-6-10-16(17)19(23-24)20(26)22-12-18(25)15-8-4-3-5-9-15/h3-11,14,18,25H,12-13H2,1-2H3,(H,22,26)/t18-/m1/s1. The third kappa shape index (κ3) is 4.23. The third-order valence-electron chi connectivity index (χ3n) is 4.26. The fourth-order valence-electron chi connectivity index (χ4n) is 2.94. The van der Waals surface area contributed by atoms with E-state index in [4.69, 9.17) is 0 Å². The number of aromatic nitrogens is 2. The molecule has 1 aromatic heterocycles. The molecule has 3 rings (SSSR count). The van der Waals surface area contributed by atoms with Crippen LogP contribution in [0.2, 0.25) is 0 Å². The van der Waals surface area contributed by atoms with Gasteiger partial charge >= 0.3 is 0 Å². The van der Waals surface area contributed by atoms with Crippen LogP contribution in [0.15, 0.2) is 59.4 Å². The minimum Gasteiger partial charge on any atom is -0.387 e. The van der Waals surface area contributed by atoms with Crippen LogP contribution in [-0.4, -0.2) is 27.3 Å². The summed E-state index contributed by atoms with van der Waals surface area (Å²) in [5.41, 5.74) is 0.701. The second-order valence-electron chi connectivity index (χ2n) is 6.91. The molecule has 2 aromatic carbocycles. The monoisotopic (exact) mass is 365 g/mol. The first-order valence-corrected chi connectivity index (χ1v) is 8.98. The van der Waals surface area contributed by atoms with Gasteiger partial charge in [0, 0.05) is 18.5 Å². The Morgan fingerprint density at radius 2 is 1.70 bits per heavy atom. The Kier molecular flexibility index (Phi) is 5.66. The predicted molar refractivity (Wildman–Crippen MR) is 105 cm³/mol. The lowest BCUT2D eigenvalue weighted by molar-refractivity contribution is 0.0910. The maximum atomic E-state index is 12.7. The molecule has 0 fully saturated rings. The Balaban J connectivity index is 1.89. The van der Waals surface area contributed by atoms with Crippen molar-refractivity contribution in [1.29, 1.82) is 0 Å². The van der Waals surface area contributed by atoms with Crippen molar-refractivity contribution in [2.45, 2.75) is 26.5 Å². The van der Waals surface area contributed by atoms with Gasteiger partial charge in [0.25, 0.3) is 11.5 Å². The molecule has 0 aliphatic heterocycles. The number of carbonyl (C=O) groups is 1. The first-order valence-electron chi connectivity index (χ1n) is 8.98. The molecule has 0 unspecified atom stereocenters. The first-order chi connectivity index (χ1) is 13.0. The van der Waals surface area contributed by atoms with Gasteiger partial charge in [0.15, 0.2) is 5.69 Å². The largest absolute Gasteiger partial charge is 0.387 e. The van der Waals surface area contributed by atoms with Gasteiger partial charge in [-0.05, 0) is 17.5 Å². The third-order valence-corrected chi connectivity index (χ3v) is 4.26. The molecule has 0 radical (unpaired) electrons. The van der Waals surface area contributed by atoms with Gasteiger partial charge < -0.3 is 10.4 Å². The van der Waals surface area contributed by atoms with Crippen LogP contribution in [0.4, 0.5) is 0 Å². The van der Waals surface area contributed by atoms with Gasteiger partial charge in [-0.3, -0.25) is 9.59 Å². The number of nitrogens with zero attached hydrogens (tertiary/aromatic N) is 2. The van der Waals surface area contributed by atoms with E-state index in [1.807, 2.05) is 32.0 Å². The molecule has 1 atom stereocenters. The summed E-state index contributed by atoms with van der Waals surface area (Å²) >= 11 is 0. The van der Waals surface area contributed by atoms with Crippen LogP contribution < -0.4 is 10.9 Å². The van der Waals surface area contributed by atoms with Crippen molar-refractivity contribution >= 4 is 16.7 Å². The van der Waals surface area contributed by atoms with Crippen LogP contribution in [0.25, 0.3) is 10.8 Å². The summed E-state index contributed by atoms with van der Waals surface area (Å²) in [5.74, 6) is -0.203. The highest BCUT2D eigenvalue weighted by molar-refractivity contribution is 6.04. The summed E-state index contributed by atoms with van der Waals surface area (Å²) in [7, 11) is 0. The number of carbonyl (C=O) groups excluding carboxylic acids is 1. The molecule has 6 nitrogen and oxygen atoms in total. The van der Waals surface area contributed by atoms with E-state index in [9.17, 15) is 14.7 Å². The highest BCUT2D eigenvalue weighted by Crippen LogP contribution is 2.15. The molecule has 1 heterocycles. The van der Waals surface area contributed by atoms with Crippen molar-refractivity contribution in [3.63, 3.8) is 0 Å². The number of amides is 1.